The van der Waals surface area contributed by atoms with Crippen LogP contribution in [0.5, 0.6) is 0 Å². The van der Waals surface area contributed by atoms with Crippen molar-refractivity contribution in [3.63, 3.8) is 0 Å². The van der Waals surface area contributed by atoms with Crippen molar-refractivity contribution in [3.8, 4) is 11.4 Å². The molecule has 2 aromatic heterocycles. The molecule has 2 aliphatic rings. The maximum Gasteiger partial charge on any atom is 0.276 e. The highest BCUT2D eigenvalue weighted by atomic mass is 19.3. The van der Waals surface area contributed by atoms with Crippen LogP contribution in [0.25, 0.3) is 22.3 Å². The molecule has 1 aromatic carbocycles. The molecule has 3 aromatic rings. The molecule has 180 valence electrons. The molecule has 0 radical (unpaired) electrons. The summed E-state index contributed by atoms with van der Waals surface area (Å²) in [5.41, 5.74) is 1.54. The molecule has 1 aliphatic carbocycles. The van der Waals surface area contributed by atoms with Crippen molar-refractivity contribution in [1.29, 1.82) is 0 Å². The van der Waals surface area contributed by atoms with Gasteiger partial charge in [0.2, 0.25) is 23.5 Å². The monoisotopic (exact) mass is 472 g/mol. The van der Waals surface area contributed by atoms with Crippen molar-refractivity contribution < 1.29 is 22.9 Å². The zero-order chi connectivity index (χ0) is 24.0. The highest BCUT2D eigenvalue weighted by molar-refractivity contribution is 5.87. The Balaban J connectivity index is 1.28. The number of aromatic nitrogens is 4. The summed E-state index contributed by atoms with van der Waals surface area (Å²) in [6.45, 7) is 3.14. The number of nitrogens with one attached hydrogen (secondary N) is 1. The van der Waals surface area contributed by atoms with Crippen LogP contribution in [0.1, 0.15) is 51.0 Å². The van der Waals surface area contributed by atoms with Gasteiger partial charge in [-0.2, -0.15) is 10.1 Å². The number of nitrogens with zero attached hydrogens (tertiary/aromatic N) is 5. The summed E-state index contributed by atoms with van der Waals surface area (Å²) in [7, 11) is 0. The fourth-order valence-corrected chi connectivity index (χ4v) is 4.30. The Morgan fingerprint density at radius 1 is 1.26 bits per heavy atom. The molecule has 2 amide bonds. The fourth-order valence-electron chi connectivity index (χ4n) is 4.30. The molecule has 9 nitrogen and oxygen atoms in total. The molecular formula is C23H26F2N6O3. The predicted octanol–water partition coefficient (Wildman–Crippen LogP) is 3.14. The third-order valence-corrected chi connectivity index (χ3v) is 6.40. The molecule has 1 saturated heterocycles. The molecule has 1 aliphatic heterocycles. The van der Waals surface area contributed by atoms with Crippen molar-refractivity contribution in [2.24, 2.45) is 5.92 Å². The number of benzene rings is 1. The SMILES string of the molecule is CC(C)n1ncc2ccc(-c3noc(C4CCN(C(=O)CNC(=O)C5CC5)CC4(F)F)n3)cc21. The summed E-state index contributed by atoms with van der Waals surface area (Å²) in [6.07, 6.45) is 3.37. The molecule has 11 heteroatoms. The second-order valence-corrected chi connectivity index (χ2v) is 9.32. The molecule has 3 heterocycles. The first-order chi connectivity index (χ1) is 16.2. The van der Waals surface area contributed by atoms with Gasteiger partial charge in [0.25, 0.3) is 5.92 Å². The Morgan fingerprint density at radius 2 is 2.06 bits per heavy atom. The van der Waals surface area contributed by atoms with E-state index in [1.165, 1.54) is 0 Å². The molecule has 34 heavy (non-hydrogen) atoms. The third kappa shape index (κ3) is 4.26. The maximum absolute atomic E-state index is 15.0. The highest BCUT2D eigenvalue weighted by Crippen LogP contribution is 2.40. The Hall–Kier alpha value is -3.37. The molecule has 1 unspecified atom stereocenters. The molecular weight excluding hydrogens is 446 g/mol. The Bertz CT molecular complexity index is 1230. The predicted molar refractivity (Wildman–Crippen MR) is 118 cm³/mol. The summed E-state index contributed by atoms with van der Waals surface area (Å²) in [5, 5.41) is 11.8. The second-order valence-electron chi connectivity index (χ2n) is 9.32. The number of amides is 2. The average Bonchev–Trinajstić information content (AvgIpc) is 3.38. The summed E-state index contributed by atoms with van der Waals surface area (Å²) < 4.78 is 37.1. The lowest BCUT2D eigenvalue weighted by molar-refractivity contribution is -0.145. The lowest BCUT2D eigenvalue weighted by Crippen LogP contribution is -2.52. The molecule has 2 fully saturated rings. The number of likely N-dealkylation sites (tertiary alicyclic amines) is 1. The second kappa shape index (κ2) is 8.44. The van der Waals surface area contributed by atoms with Gasteiger partial charge in [0.1, 0.15) is 5.92 Å². The highest BCUT2D eigenvalue weighted by Gasteiger charge is 2.49. The van der Waals surface area contributed by atoms with Crippen molar-refractivity contribution in [2.75, 3.05) is 19.6 Å². The minimum Gasteiger partial charge on any atom is -0.347 e. The van der Waals surface area contributed by atoms with Gasteiger partial charge in [0.05, 0.1) is 24.8 Å². The van der Waals surface area contributed by atoms with Crippen molar-refractivity contribution in [2.45, 2.75) is 51.0 Å². The van der Waals surface area contributed by atoms with E-state index in [1.807, 2.05) is 30.7 Å². The summed E-state index contributed by atoms with van der Waals surface area (Å²) in [6, 6.07) is 5.71. The number of carbonyl (C=O) groups is 2. The van der Waals surface area contributed by atoms with Crippen LogP contribution >= 0.6 is 0 Å². The van der Waals surface area contributed by atoms with Crippen LogP contribution in [0.2, 0.25) is 0 Å². The van der Waals surface area contributed by atoms with E-state index in [0.29, 0.717) is 5.56 Å². The number of carbonyl (C=O) groups excluding carboxylic acids is 2. The van der Waals surface area contributed by atoms with E-state index >= 15 is 8.78 Å². The molecule has 1 N–H and O–H groups in total. The van der Waals surface area contributed by atoms with Gasteiger partial charge in [0, 0.05) is 29.5 Å². The van der Waals surface area contributed by atoms with Gasteiger partial charge >= 0.3 is 0 Å². The van der Waals surface area contributed by atoms with E-state index in [0.717, 1.165) is 28.6 Å². The van der Waals surface area contributed by atoms with Gasteiger partial charge in [-0.05, 0) is 39.2 Å². The van der Waals surface area contributed by atoms with E-state index in [4.69, 9.17) is 4.52 Å². The van der Waals surface area contributed by atoms with Crippen LogP contribution in [0.15, 0.2) is 28.9 Å². The molecule has 1 saturated carbocycles. The van der Waals surface area contributed by atoms with Gasteiger partial charge in [0.15, 0.2) is 0 Å². The number of piperidine rings is 1. The number of rotatable bonds is 6. The van der Waals surface area contributed by atoms with Crippen LogP contribution in [-0.4, -0.2) is 62.2 Å². The smallest absolute Gasteiger partial charge is 0.276 e. The number of hydrogen-bond acceptors (Lipinski definition) is 6. The van der Waals surface area contributed by atoms with Crippen LogP contribution in [0.3, 0.4) is 0 Å². The van der Waals surface area contributed by atoms with Crippen LogP contribution < -0.4 is 5.32 Å². The van der Waals surface area contributed by atoms with Crippen LogP contribution in [0.4, 0.5) is 8.78 Å². The molecule has 5 rings (SSSR count). The molecule has 0 bridgehead atoms. The lowest BCUT2D eigenvalue weighted by atomic mass is 9.92. The third-order valence-electron chi connectivity index (χ3n) is 6.40. The van der Waals surface area contributed by atoms with Gasteiger partial charge < -0.3 is 14.7 Å². The number of halogens is 2. The fraction of sp³-hybridized carbons (Fsp3) is 0.522. The molecule has 0 spiro atoms. The van der Waals surface area contributed by atoms with E-state index in [2.05, 4.69) is 20.6 Å². The number of alkyl halides is 2. The van der Waals surface area contributed by atoms with Crippen molar-refractivity contribution in [3.05, 3.63) is 30.3 Å². The normalized spacial score (nSPS) is 20.1. The minimum absolute atomic E-state index is 0.0178. The maximum atomic E-state index is 15.0. The van der Waals surface area contributed by atoms with Gasteiger partial charge in [-0.25, -0.2) is 8.78 Å². The first-order valence-corrected chi connectivity index (χ1v) is 11.5. The Kier molecular flexibility index (Phi) is 5.57. The molecule has 1 atom stereocenters. The first-order valence-electron chi connectivity index (χ1n) is 11.5. The summed E-state index contributed by atoms with van der Waals surface area (Å²) in [4.78, 5) is 29.4. The van der Waals surface area contributed by atoms with Gasteiger partial charge in [-0.1, -0.05) is 17.3 Å². The van der Waals surface area contributed by atoms with E-state index < -0.39 is 24.3 Å². The van der Waals surface area contributed by atoms with E-state index in [-0.39, 0.29) is 49.1 Å². The Morgan fingerprint density at radius 3 is 2.76 bits per heavy atom. The number of hydrogen-bond donors (Lipinski definition) is 1. The topological polar surface area (TPSA) is 106 Å². The zero-order valence-corrected chi connectivity index (χ0v) is 19.0. The zero-order valence-electron chi connectivity index (χ0n) is 19.0. The van der Waals surface area contributed by atoms with Crippen LogP contribution in [-0.2, 0) is 9.59 Å². The largest absolute Gasteiger partial charge is 0.347 e. The average molecular weight is 472 g/mol. The van der Waals surface area contributed by atoms with Crippen molar-refractivity contribution in [1.82, 2.24) is 30.1 Å². The number of fused-ring (bicyclic) bond motifs is 1. The first kappa shape index (κ1) is 22.4. The Labute approximate surface area is 194 Å². The van der Waals surface area contributed by atoms with Crippen molar-refractivity contribution >= 4 is 22.7 Å². The minimum atomic E-state index is -3.24. The van der Waals surface area contributed by atoms with E-state index in [9.17, 15) is 9.59 Å². The van der Waals surface area contributed by atoms with Gasteiger partial charge in [-0.15, -0.1) is 0 Å². The summed E-state index contributed by atoms with van der Waals surface area (Å²) in [5.74, 6) is -5.20. The van der Waals surface area contributed by atoms with Gasteiger partial charge in [-0.3, -0.25) is 14.3 Å². The van der Waals surface area contributed by atoms with Crippen LogP contribution in [0, 0.1) is 5.92 Å². The standard InChI is InChI=1S/C23H26F2N6O3/c1-13(2)31-18-9-15(5-6-16(18)10-27-31)20-28-22(34-29-20)17-7-8-30(12-23(17,24)25)19(32)11-26-21(33)14-3-4-14/h5-6,9-10,13-14,17H,3-4,7-8,11-12H2,1-2H3,(H,26,33). The van der Waals surface area contributed by atoms with E-state index in [1.54, 1.807) is 12.3 Å². The summed E-state index contributed by atoms with van der Waals surface area (Å²) >= 11 is 0. The quantitative estimate of drug-likeness (QED) is 0.591. The lowest BCUT2D eigenvalue weighted by Gasteiger charge is -2.36.